The fourth-order valence-corrected chi connectivity index (χ4v) is 5.10. The zero-order valence-corrected chi connectivity index (χ0v) is 16.8. The van der Waals surface area contributed by atoms with E-state index in [-0.39, 0.29) is 11.5 Å². The summed E-state index contributed by atoms with van der Waals surface area (Å²) in [6.07, 6.45) is -4.63. The number of rotatable bonds is 5. The fraction of sp³-hybridized carbons (Fsp3) is 0.318. The predicted octanol–water partition coefficient (Wildman–Crippen LogP) is 4.90. The van der Waals surface area contributed by atoms with Gasteiger partial charge in [-0.15, -0.1) is 11.8 Å². The van der Waals surface area contributed by atoms with Crippen molar-refractivity contribution in [3.8, 4) is 0 Å². The molecule has 1 aliphatic rings. The lowest BCUT2D eigenvalue weighted by molar-refractivity contribution is -0.258. The summed E-state index contributed by atoms with van der Waals surface area (Å²) >= 11 is 1.63. The first kappa shape index (κ1) is 20.8. The largest absolute Gasteiger partial charge is 0.418 e. The highest BCUT2D eigenvalue weighted by molar-refractivity contribution is 7.99. The normalized spacial score (nSPS) is 18.6. The Kier molecular flexibility index (Phi) is 5.55. The second kappa shape index (κ2) is 8.00. The Morgan fingerprint density at radius 3 is 2.70 bits per heavy atom. The number of H-pyrrole nitrogens is 1. The molecule has 0 saturated carbocycles. The average Bonchev–Trinajstić information content (AvgIpc) is 2.71. The van der Waals surface area contributed by atoms with Gasteiger partial charge in [0.05, 0.1) is 12.1 Å². The van der Waals surface area contributed by atoms with E-state index in [0.717, 1.165) is 16.2 Å². The summed E-state index contributed by atoms with van der Waals surface area (Å²) in [7, 11) is 0. The van der Waals surface area contributed by atoms with Crippen LogP contribution in [0.25, 0.3) is 10.9 Å². The van der Waals surface area contributed by atoms with Crippen molar-refractivity contribution in [2.75, 3.05) is 17.6 Å². The van der Waals surface area contributed by atoms with E-state index >= 15 is 0 Å². The molecule has 4 rings (SSSR count). The monoisotopic (exact) mass is 434 g/mol. The van der Waals surface area contributed by atoms with Crippen LogP contribution in [-0.4, -0.2) is 34.2 Å². The van der Waals surface area contributed by atoms with Crippen LogP contribution in [0.3, 0.4) is 0 Å². The predicted molar refractivity (Wildman–Crippen MR) is 113 cm³/mol. The molecule has 0 saturated heterocycles. The average molecular weight is 434 g/mol. The summed E-state index contributed by atoms with van der Waals surface area (Å²) in [4.78, 5) is 15.1. The molecular weight excluding hydrogens is 413 g/mol. The molecule has 158 valence electrons. The van der Waals surface area contributed by atoms with E-state index < -0.39 is 24.7 Å². The van der Waals surface area contributed by atoms with Crippen molar-refractivity contribution in [3.63, 3.8) is 0 Å². The number of aromatic amines is 1. The van der Waals surface area contributed by atoms with Gasteiger partial charge in [0, 0.05) is 22.0 Å². The third kappa shape index (κ3) is 4.06. The minimum Gasteiger partial charge on any atom is -0.381 e. The number of anilines is 1. The number of nitrogens with one attached hydrogen (secondary N) is 2. The van der Waals surface area contributed by atoms with Gasteiger partial charge in [-0.3, -0.25) is 4.79 Å². The molecule has 0 aliphatic carbocycles. The maximum Gasteiger partial charge on any atom is 0.418 e. The number of aromatic nitrogens is 1. The minimum absolute atomic E-state index is 0.291. The molecule has 2 aromatic carbocycles. The third-order valence-corrected chi connectivity index (χ3v) is 6.65. The lowest BCUT2D eigenvalue weighted by atomic mass is 9.83. The Hall–Kier alpha value is -2.45. The molecule has 0 bridgehead atoms. The lowest BCUT2D eigenvalue weighted by Gasteiger charge is -2.36. The van der Waals surface area contributed by atoms with Crippen molar-refractivity contribution < 1.29 is 18.3 Å². The molecule has 3 N–H and O–H groups in total. The number of halogens is 3. The van der Waals surface area contributed by atoms with Crippen LogP contribution in [0.5, 0.6) is 0 Å². The Morgan fingerprint density at radius 1 is 1.10 bits per heavy atom. The summed E-state index contributed by atoms with van der Waals surface area (Å²) in [5.41, 5.74) is -1.39. The lowest BCUT2D eigenvalue weighted by Crippen LogP contribution is -2.51. The Labute approximate surface area is 175 Å². The summed E-state index contributed by atoms with van der Waals surface area (Å²) in [6, 6.07) is 15.3. The van der Waals surface area contributed by atoms with E-state index in [4.69, 9.17) is 0 Å². The van der Waals surface area contributed by atoms with Gasteiger partial charge in [0.2, 0.25) is 5.56 Å². The summed E-state index contributed by atoms with van der Waals surface area (Å²) in [5, 5.41) is 14.1. The van der Waals surface area contributed by atoms with Gasteiger partial charge in [0.25, 0.3) is 0 Å². The van der Waals surface area contributed by atoms with Gasteiger partial charge in [0.15, 0.2) is 5.60 Å². The molecule has 4 nitrogen and oxygen atoms in total. The second-order valence-corrected chi connectivity index (χ2v) is 8.69. The highest BCUT2D eigenvalue weighted by Gasteiger charge is 2.54. The number of hydrogen-bond acceptors (Lipinski definition) is 4. The first-order valence-corrected chi connectivity index (χ1v) is 10.6. The van der Waals surface area contributed by atoms with Crippen molar-refractivity contribution in [3.05, 3.63) is 70.5 Å². The van der Waals surface area contributed by atoms with Gasteiger partial charge in [-0.05, 0) is 54.3 Å². The molecule has 30 heavy (non-hydrogen) atoms. The SMILES string of the molecule is O=c1ccc2c(NCC(O)(CC3CCSc4ccccc43)C(F)(F)F)cccc2[nH]1. The maximum absolute atomic E-state index is 14.0. The summed E-state index contributed by atoms with van der Waals surface area (Å²) < 4.78 is 41.9. The zero-order valence-electron chi connectivity index (χ0n) is 16.0. The highest BCUT2D eigenvalue weighted by Crippen LogP contribution is 2.45. The topological polar surface area (TPSA) is 65.1 Å². The van der Waals surface area contributed by atoms with Gasteiger partial charge in [-0.2, -0.15) is 13.2 Å². The van der Waals surface area contributed by atoms with Crippen molar-refractivity contribution >= 4 is 28.4 Å². The molecule has 2 atom stereocenters. The third-order valence-electron chi connectivity index (χ3n) is 5.53. The van der Waals surface area contributed by atoms with E-state index in [1.165, 1.54) is 6.07 Å². The highest BCUT2D eigenvalue weighted by atomic mass is 32.2. The van der Waals surface area contributed by atoms with Crippen molar-refractivity contribution in [2.45, 2.75) is 35.4 Å². The molecule has 8 heteroatoms. The van der Waals surface area contributed by atoms with Crippen LogP contribution in [0.1, 0.15) is 24.3 Å². The van der Waals surface area contributed by atoms with Gasteiger partial charge < -0.3 is 15.4 Å². The number of pyridine rings is 1. The van der Waals surface area contributed by atoms with Crippen LogP contribution in [0.2, 0.25) is 0 Å². The van der Waals surface area contributed by atoms with Gasteiger partial charge in [-0.25, -0.2) is 0 Å². The Bertz CT molecular complexity index is 1120. The quantitative estimate of drug-likeness (QED) is 0.534. The molecule has 0 fully saturated rings. The molecular formula is C22H21F3N2O2S. The number of fused-ring (bicyclic) bond motifs is 2. The van der Waals surface area contributed by atoms with E-state index in [1.807, 2.05) is 24.3 Å². The Morgan fingerprint density at radius 2 is 1.90 bits per heavy atom. The minimum atomic E-state index is -4.79. The van der Waals surface area contributed by atoms with Crippen LogP contribution in [-0.2, 0) is 0 Å². The van der Waals surface area contributed by atoms with E-state index in [9.17, 15) is 23.1 Å². The summed E-state index contributed by atoms with van der Waals surface area (Å²) in [6.45, 7) is -0.680. The second-order valence-electron chi connectivity index (χ2n) is 7.55. The fourth-order valence-electron chi connectivity index (χ4n) is 3.91. The number of benzene rings is 2. The van der Waals surface area contributed by atoms with Gasteiger partial charge >= 0.3 is 6.18 Å². The van der Waals surface area contributed by atoms with Crippen molar-refractivity contribution in [2.24, 2.45) is 0 Å². The molecule has 1 aromatic heterocycles. The smallest absolute Gasteiger partial charge is 0.381 e. The van der Waals surface area contributed by atoms with E-state index in [2.05, 4.69) is 10.3 Å². The molecule has 0 amide bonds. The standard InChI is InChI=1S/C22H21F3N2O2S/c23-22(24,25)21(29,12-14-10-11-30-19-7-2-1-4-15(14)19)13-26-17-5-3-6-18-16(17)8-9-20(28)27-18/h1-9,14,26,29H,10-13H2,(H,27,28). The van der Waals surface area contributed by atoms with Crippen molar-refractivity contribution in [1.82, 2.24) is 4.98 Å². The number of hydrogen-bond donors (Lipinski definition) is 3. The van der Waals surface area contributed by atoms with E-state index in [0.29, 0.717) is 23.0 Å². The Balaban J connectivity index is 1.61. The first-order chi connectivity index (χ1) is 14.3. The van der Waals surface area contributed by atoms with Crippen LogP contribution in [0, 0.1) is 0 Å². The molecule has 2 unspecified atom stereocenters. The van der Waals surface area contributed by atoms with Crippen LogP contribution in [0.4, 0.5) is 18.9 Å². The van der Waals surface area contributed by atoms with Crippen LogP contribution >= 0.6 is 11.8 Å². The summed E-state index contributed by atoms with van der Waals surface area (Å²) in [5.74, 6) is 0.347. The number of alkyl halides is 3. The van der Waals surface area contributed by atoms with Crippen LogP contribution < -0.4 is 10.9 Å². The maximum atomic E-state index is 14.0. The first-order valence-electron chi connectivity index (χ1n) is 9.64. The number of thioether (sulfide) groups is 1. The van der Waals surface area contributed by atoms with Gasteiger partial charge in [-0.1, -0.05) is 24.3 Å². The van der Waals surface area contributed by atoms with Crippen LogP contribution in [0.15, 0.2) is 64.3 Å². The van der Waals surface area contributed by atoms with Gasteiger partial charge in [0.1, 0.15) is 0 Å². The zero-order chi connectivity index (χ0) is 21.4. The molecule has 0 radical (unpaired) electrons. The van der Waals surface area contributed by atoms with Crippen molar-refractivity contribution in [1.29, 1.82) is 0 Å². The molecule has 1 aliphatic heterocycles. The molecule has 0 spiro atoms. The van der Waals surface area contributed by atoms with E-state index in [1.54, 1.807) is 36.0 Å². The molecule has 2 heterocycles. The molecule has 3 aromatic rings. The number of aliphatic hydroxyl groups is 1.